The first-order valence-electron chi connectivity index (χ1n) is 6.09. The van der Waals surface area contributed by atoms with Crippen molar-refractivity contribution < 1.29 is 14.3 Å². The quantitative estimate of drug-likeness (QED) is 0.757. The van der Waals surface area contributed by atoms with Crippen molar-refractivity contribution in [2.24, 2.45) is 0 Å². The maximum Gasteiger partial charge on any atom is 0.226 e. The third-order valence-corrected chi connectivity index (χ3v) is 3.00. The Morgan fingerprint density at radius 2 is 2.15 bits per heavy atom. The first-order valence-corrected chi connectivity index (χ1v) is 6.84. The number of carbonyl (C=O) groups is 1. The minimum absolute atomic E-state index is 0.0583. The number of halogens is 2. The summed E-state index contributed by atoms with van der Waals surface area (Å²) in [4.78, 5) is 11.8. The van der Waals surface area contributed by atoms with Crippen LogP contribution in [0.25, 0.3) is 0 Å². The molecule has 3 N–H and O–H groups in total. The van der Waals surface area contributed by atoms with Gasteiger partial charge in [-0.2, -0.15) is 0 Å². The van der Waals surface area contributed by atoms with Gasteiger partial charge in [0.25, 0.3) is 0 Å². The maximum atomic E-state index is 11.8. The Labute approximate surface area is 128 Å². The number of hydrogen-bond acceptors (Lipinski definition) is 4. The number of nitrogens with one attached hydrogen (secondary N) is 1. The van der Waals surface area contributed by atoms with Gasteiger partial charge in [-0.3, -0.25) is 4.79 Å². The van der Waals surface area contributed by atoms with Crippen LogP contribution in [0.3, 0.4) is 0 Å². The van der Waals surface area contributed by atoms with E-state index in [2.05, 4.69) is 5.32 Å². The van der Waals surface area contributed by atoms with Crippen molar-refractivity contribution in [3.05, 3.63) is 22.2 Å². The lowest BCUT2D eigenvalue weighted by Gasteiger charge is -2.13. The molecule has 0 aliphatic heterocycles. The number of amides is 1. The Hall–Kier alpha value is -1.01. The SMILES string of the molecule is COCC(C)OCCC(=O)Nc1c(N)cc(Cl)cc1Cl. The molecule has 0 aliphatic carbocycles. The monoisotopic (exact) mass is 320 g/mol. The van der Waals surface area contributed by atoms with E-state index in [1.165, 1.54) is 12.1 Å². The molecule has 112 valence electrons. The van der Waals surface area contributed by atoms with Gasteiger partial charge in [-0.15, -0.1) is 0 Å². The molecule has 0 saturated heterocycles. The van der Waals surface area contributed by atoms with Gasteiger partial charge in [0, 0.05) is 12.1 Å². The third kappa shape index (κ3) is 5.54. The van der Waals surface area contributed by atoms with Crippen LogP contribution in [0.4, 0.5) is 11.4 Å². The standard InChI is InChI=1S/C13H18Cl2N2O3/c1-8(7-19-2)20-4-3-12(18)17-13-10(15)5-9(14)6-11(13)16/h5-6,8H,3-4,7,16H2,1-2H3,(H,17,18). The van der Waals surface area contributed by atoms with Crippen molar-refractivity contribution in [1.82, 2.24) is 0 Å². The van der Waals surface area contributed by atoms with Gasteiger partial charge in [0.05, 0.1) is 42.1 Å². The smallest absolute Gasteiger partial charge is 0.226 e. The molecule has 0 spiro atoms. The molecule has 1 amide bonds. The van der Waals surface area contributed by atoms with E-state index in [0.717, 1.165) is 0 Å². The average Bonchev–Trinajstić information content (AvgIpc) is 2.34. The highest BCUT2D eigenvalue weighted by atomic mass is 35.5. The van der Waals surface area contributed by atoms with Crippen molar-refractivity contribution in [3.8, 4) is 0 Å². The van der Waals surface area contributed by atoms with Gasteiger partial charge in [-0.1, -0.05) is 23.2 Å². The van der Waals surface area contributed by atoms with Crippen LogP contribution in [0.5, 0.6) is 0 Å². The van der Waals surface area contributed by atoms with Gasteiger partial charge in [-0.05, 0) is 19.1 Å². The minimum atomic E-state index is -0.231. The molecule has 0 fully saturated rings. The van der Waals surface area contributed by atoms with Crippen LogP contribution in [0.1, 0.15) is 13.3 Å². The molecule has 0 radical (unpaired) electrons. The topological polar surface area (TPSA) is 73.6 Å². The molecule has 0 saturated carbocycles. The second-order valence-electron chi connectivity index (χ2n) is 4.29. The Balaban J connectivity index is 2.47. The van der Waals surface area contributed by atoms with Crippen molar-refractivity contribution in [1.29, 1.82) is 0 Å². The normalized spacial score (nSPS) is 12.2. The van der Waals surface area contributed by atoms with Crippen LogP contribution >= 0.6 is 23.2 Å². The highest BCUT2D eigenvalue weighted by molar-refractivity contribution is 6.37. The van der Waals surface area contributed by atoms with Gasteiger partial charge >= 0.3 is 0 Å². The van der Waals surface area contributed by atoms with Gasteiger partial charge in [-0.25, -0.2) is 0 Å². The molecule has 1 atom stereocenters. The van der Waals surface area contributed by atoms with Crippen LogP contribution in [-0.4, -0.2) is 32.3 Å². The molecule has 0 bridgehead atoms. The largest absolute Gasteiger partial charge is 0.397 e. The van der Waals surface area contributed by atoms with Crippen LogP contribution in [0.2, 0.25) is 10.0 Å². The number of hydrogen-bond donors (Lipinski definition) is 2. The minimum Gasteiger partial charge on any atom is -0.397 e. The molecule has 5 nitrogen and oxygen atoms in total. The first-order chi connectivity index (χ1) is 9.43. The van der Waals surface area contributed by atoms with Crippen LogP contribution in [0.15, 0.2) is 12.1 Å². The van der Waals surface area contributed by atoms with Gasteiger partial charge in [0.2, 0.25) is 5.91 Å². The molecule has 20 heavy (non-hydrogen) atoms. The van der Waals surface area contributed by atoms with Crippen molar-refractivity contribution in [2.45, 2.75) is 19.4 Å². The third-order valence-electron chi connectivity index (χ3n) is 2.48. The fraction of sp³-hybridized carbons (Fsp3) is 0.462. The lowest BCUT2D eigenvalue weighted by molar-refractivity contribution is -0.117. The van der Waals surface area contributed by atoms with E-state index >= 15 is 0 Å². The first kappa shape index (κ1) is 17.0. The maximum absolute atomic E-state index is 11.8. The zero-order valence-corrected chi connectivity index (χ0v) is 12.9. The van der Waals surface area contributed by atoms with Crippen LogP contribution < -0.4 is 11.1 Å². The second-order valence-corrected chi connectivity index (χ2v) is 5.13. The Morgan fingerprint density at radius 3 is 2.75 bits per heavy atom. The van der Waals surface area contributed by atoms with Crippen molar-refractivity contribution in [2.75, 3.05) is 31.4 Å². The fourth-order valence-electron chi connectivity index (χ4n) is 1.56. The van der Waals surface area contributed by atoms with Crippen molar-refractivity contribution >= 4 is 40.5 Å². The zero-order chi connectivity index (χ0) is 15.1. The Bertz CT molecular complexity index is 446. The van der Waals surface area contributed by atoms with E-state index in [0.29, 0.717) is 34.6 Å². The lowest BCUT2D eigenvalue weighted by Crippen LogP contribution is -2.20. The highest BCUT2D eigenvalue weighted by Crippen LogP contribution is 2.32. The molecule has 1 unspecified atom stereocenters. The summed E-state index contributed by atoms with van der Waals surface area (Å²) in [6, 6.07) is 3.05. The van der Waals surface area contributed by atoms with E-state index in [1.807, 2.05) is 6.92 Å². The van der Waals surface area contributed by atoms with Gasteiger partial charge in [0.1, 0.15) is 0 Å². The zero-order valence-electron chi connectivity index (χ0n) is 11.4. The Morgan fingerprint density at radius 1 is 1.45 bits per heavy atom. The van der Waals surface area contributed by atoms with E-state index in [9.17, 15) is 4.79 Å². The number of rotatable bonds is 7. The van der Waals surface area contributed by atoms with E-state index < -0.39 is 0 Å². The Kier molecular flexibility index (Phi) is 7.09. The molecule has 7 heteroatoms. The van der Waals surface area contributed by atoms with Crippen LogP contribution in [0, 0.1) is 0 Å². The number of benzene rings is 1. The molecule has 0 aliphatic rings. The molecule has 0 heterocycles. The summed E-state index contributed by atoms with van der Waals surface area (Å²) in [7, 11) is 1.60. The number of ether oxygens (including phenoxy) is 2. The van der Waals surface area contributed by atoms with E-state index in [1.54, 1.807) is 7.11 Å². The summed E-state index contributed by atoms with van der Waals surface area (Å²) in [5.41, 5.74) is 6.45. The summed E-state index contributed by atoms with van der Waals surface area (Å²) < 4.78 is 10.3. The van der Waals surface area contributed by atoms with Gasteiger partial charge in [0.15, 0.2) is 0 Å². The molecule has 1 aromatic rings. The predicted molar refractivity (Wildman–Crippen MR) is 81.4 cm³/mol. The second kappa shape index (κ2) is 8.32. The summed E-state index contributed by atoms with van der Waals surface area (Å²) in [5, 5.41) is 3.37. The predicted octanol–water partition coefficient (Wildman–Crippen LogP) is 2.96. The molecule has 1 rings (SSSR count). The molecule has 1 aromatic carbocycles. The number of anilines is 2. The number of nitrogens with two attached hydrogens (primary N) is 1. The van der Waals surface area contributed by atoms with E-state index in [4.69, 9.17) is 38.4 Å². The molecular formula is C13H18Cl2N2O3. The fourth-order valence-corrected chi connectivity index (χ4v) is 2.12. The lowest BCUT2D eigenvalue weighted by atomic mass is 10.2. The summed E-state index contributed by atoms with van der Waals surface area (Å²) >= 11 is 11.8. The number of methoxy groups -OCH3 is 1. The average molecular weight is 321 g/mol. The molecule has 0 aromatic heterocycles. The molecular weight excluding hydrogens is 303 g/mol. The van der Waals surface area contributed by atoms with Crippen molar-refractivity contribution in [3.63, 3.8) is 0 Å². The van der Waals surface area contributed by atoms with E-state index in [-0.39, 0.29) is 18.4 Å². The van der Waals surface area contributed by atoms with Gasteiger partial charge < -0.3 is 20.5 Å². The number of nitrogen functional groups attached to an aromatic ring is 1. The van der Waals surface area contributed by atoms with Crippen LogP contribution in [-0.2, 0) is 14.3 Å². The highest BCUT2D eigenvalue weighted by Gasteiger charge is 2.11. The summed E-state index contributed by atoms with van der Waals surface area (Å²) in [6.45, 7) is 2.65. The summed E-state index contributed by atoms with van der Waals surface area (Å²) in [6.07, 6.45) is 0.142. The number of carbonyl (C=O) groups excluding carboxylic acids is 1. The summed E-state index contributed by atoms with van der Waals surface area (Å²) in [5.74, 6) is -0.231.